The van der Waals surface area contributed by atoms with E-state index >= 15 is 0 Å². The molecule has 1 aromatic carbocycles. The smallest absolute Gasteiger partial charge is 0.225 e. The molecule has 2 aromatic heterocycles. The highest BCUT2D eigenvalue weighted by atomic mass is 16.3. The van der Waals surface area contributed by atoms with Crippen LogP contribution >= 0.6 is 0 Å². The van der Waals surface area contributed by atoms with Crippen LogP contribution in [0.15, 0.2) is 54.7 Å². The van der Waals surface area contributed by atoms with Crippen LogP contribution in [0.3, 0.4) is 0 Å². The molecule has 0 saturated carbocycles. The summed E-state index contributed by atoms with van der Waals surface area (Å²) in [5.74, 6) is 0.942. The maximum atomic E-state index is 9.27. The van der Waals surface area contributed by atoms with Crippen molar-refractivity contribution in [3.8, 4) is 17.5 Å². The number of pyridine rings is 1. The van der Waals surface area contributed by atoms with Crippen LogP contribution in [0.2, 0.25) is 0 Å². The van der Waals surface area contributed by atoms with Crippen molar-refractivity contribution >= 4 is 17.5 Å². The second-order valence-corrected chi connectivity index (χ2v) is 5.72. The van der Waals surface area contributed by atoms with Crippen LogP contribution in [0.25, 0.3) is 11.4 Å². The van der Waals surface area contributed by atoms with Gasteiger partial charge in [-0.1, -0.05) is 12.1 Å². The van der Waals surface area contributed by atoms with Crippen LogP contribution in [0.5, 0.6) is 0 Å². The molecular formula is C19H18N6O. The highest BCUT2D eigenvalue weighted by molar-refractivity contribution is 5.66. The van der Waals surface area contributed by atoms with Crippen LogP contribution < -0.4 is 10.6 Å². The molecule has 26 heavy (non-hydrogen) atoms. The molecule has 0 saturated heterocycles. The number of nitrogens with zero attached hydrogens (tertiary/aromatic N) is 4. The number of aromatic nitrogens is 3. The van der Waals surface area contributed by atoms with Gasteiger partial charge >= 0.3 is 0 Å². The first-order valence-electron chi connectivity index (χ1n) is 8.13. The normalized spacial score (nSPS) is 11.4. The summed E-state index contributed by atoms with van der Waals surface area (Å²) in [6, 6.07) is 16.4. The molecule has 1 atom stereocenters. The molecule has 130 valence electrons. The van der Waals surface area contributed by atoms with Crippen LogP contribution in [0.4, 0.5) is 17.5 Å². The Kier molecular flexibility index (Phi) is 5.37. The number of benzene rings is 1. The fourth-order valence-corrected chi connectivity index (χ4v) is 2.30. The van der Waals surface area contributed by atoms with Gasteiger partial charge in [-0.15, -0.1) is 0 Å². The highest BCUT2D eigenvalue weighted by Gasteiger charge is 2.10. The minimum Gasteiger partial charge on any atom is -0.394 e. The molecule has 0 aliphatic rings. The standard InChI is InChI=1S/C19H18N6O/c1-13(12-26)22-19-24-17(16-7-2-3-8-21-16)10-18(25-19)23-15-6-4-5-14(9-15)11-20/h2-10,13,26H,12H2,1H3,(H2,22,23,24,25)/t13-/m1/s1. The Bertz CT molecular complexity index is 923. The van der Waals surface area contributed by atoms with Gasteiger partial charge in [0.15, 0.2) is 0 Å². The number of nitrogens with one attached hydrogen (secondary N) is 2. The predicted molar refractivity (Wildman–Crippen MR) is 99.9 cm³/mol. The maximum absolute atomic E-state index is 9.27. The molecule has 7 heteroatoms. The lowest BCUT2D eigenvalue weighted by Gasteiger charge is -2.14. The lowest BCUT2D eigenvalue weighted by Crippen LogP contribution is -2.21. The van der Waals surface area contributed by atoms with Crippen LogP contribution in [-0.2, 0) is 0 Å². The number of aliphatic hydroxyl groups excluding tert-OH is 1. The molecule has 0 amide bonds. The Hall–Kier alpha value is -3.50. The van der Waals surface area contributed by atoms with E-state index in [1.54, 1.807) is 30.5 Å². The summed E-state index contributed by atoms with van der Waals surface area (Å²) in [6.07, 6.45) is 1.70. The summed E-state index contributed by atoms with van der Waals surface area (Å²) in [5, 5.41) is 24.6. The van der Waals surface area contributed by atoms with Gasteiger partial charge in [0.25, 0.3) is 0 Å². The number of hydrogen-bond donors (Lipinski definition) is 3. The summed E-state index contributed by atoms with van der Waals surface area (Å²) in [6.45, 7) is 1.80. The third-order valence-corrected chi connectivity index (χ3v) is 3.57. The van der Waals surface area contributed by atoms with Gasteiger partial charge in [-0.3, -0.25) is 4.98 Å². The molecule has 0 radical (unpaired) electrons. The Balaban J connectivity index is 1.97. The van der Waals surface area contributed by atoms with Crippen molar-refractivity contribution in [2.24, 2.45) is 0 Å². The van der Waals surface area contributed by atoms with Crippen LogP contribution in [-0.4, -0.2) is 32.7 Å². The van der Waals surface area contributed by atoms with E-state index in [0.717, 1.165) is 5.69 Å². The van der Waals surface area contributed by atoms with E-state index in [0.29, 0.717) is 28.7 Å². The van der Waals surface area contributed by atoms with Crippen molar-refractivity contribution < 1.29 is 5.11 Å². The number of aliphatic hydroxyl groups is 1. The van der Waals surface area contributed by atoms with Gasteiger partial charge < -0.3 is 15.7 Å². The van der Waals surface area contributed by atoms with Crippen molar-refractivity contribution in [3.05, 3.63) is 60.3 Å². The number of rotatable bonds is 6. The molecule has 0 aliphatic carbocycles. The summed E-state index contributed by atoms with van der Waals surface area (Å²) in [5.41, 5.74) is 2.66. The molecule has 2 heterocycles. The SMILES string of the molecule is C[C@H](CO)Nc1nc(Nc2cccc(C#N)c2)cc(-c2ccccn2)n1. The Labute approximate surface area is 151 Å². The first kappa shape index (κ1) is 17.3. The summed E-state index contributed by atoms with van der Waals surface area (Å²) < 4.78 is 0. The van der Waals surface area contributed by atoms with Gasteiger partial charge in [-0.2, -0.15) is 10.2 Å². The van der Waals surface area contributed by atoms with Crippen LogP contribution in [0, 0.1) is 11.3 Å². The van der Waals surface area contributed by atoms with Gasteiger partial charge in [-0.05, 0) is 37.3 Å². The van der Waals surface area contributed by atoms with E-state index in [-0.39, 0.29) is 12.6 Å². The monoisotopic (exact) mass is 346 g/mol. The van der Waals surface area contributed by atoms with Crippen molar-refractivity contribution in [3.63, 3.8) is 0 Å². The highest BCUT2D eigenvalue weighted by Crippen LogP contribution is 2.23. The molecule has 0 unspecified atom stereocenters. The van der Waals surface area contributed by atoms with E-state index in [9.17, 15) is 5.11 Å². The largest absolute Gasteiger partial charge is 0.394 e. The van der Waals surface area contributed by atoms with Crippen molar-refractivity contribution in [1.82, 2.24) is 15.0 Å². The molecule has 3 N–H and O–H groups in total. The third-order valence-electron chi connectivity index (χ3n) is 3.57. The van der Waals surface area contributed by atoms with Crippen molar-refractivity contribution in [2.45, 2.75) is 13.0 Å². The molecule has 7 nitrogen and oxygen atoms in total. The van der Waals surface area contributed by atoms with Gasteiger partial charge in [0.05, 0.1) is 29.6 Å². The predicted octanol–water partition coefficient (Wildman–Crippen LogP) is 2.95. The molecule has 0 fully saturated rings. The second kappa shape index (κ2) is 8.05. The van der Waals surface area contributed by atoms with E-state index < -0.39 is 0 Å². The van der Waals surface area contributed by atoms with Crippen LogP contribution in [0.1, 0.15) is 12.5 Å². The van der Waals surface area contributed by atoms with E-state index in [1.165, 1.54) is 0 Å². The van der Waals surface area contributed by atoms with Gasteiger partial charge in [0.2, 0.25) is 5.95 Å². The molecule has 3 rings (SSSR count). The average Bonchev–Trinajstić information content (AvgIpc) is 2.68. The number of nitriles is 1. The van der Waals surface area contributed by atoms with Gasteiger partial charge in [0.1, 0.15) is 5.82 Å². The lowest BCUT2D eigenvalue weighted by atomic mass is 10.2. The average molecular weight is 346 g/mol. The first-order chi connectivity index (χ1) is 12.7. The lowest BCUT2D eigenvalue weighted by molar-refractivity contribution is 0.281. The van der Waals surface area contributed by atoms with Gasteiger partial charge in [-0.25, -0.2) is 4.98 Å². The Morgan fingerprint density at radius 1 is 1.12 bits per heavy atom. The maximum Gasteiger partial charge on any atom is 0.225 e. The van der Waals surface area contributed by atoms with Crippen molar-refractivity contribution in [2.75, 3.05) is 17.2 Å². The topological polar surface area (TPSA) is 107 Å². The number of anilines is 3. The Morgan fingerprint density at radius 2 is 2.00 bits per heavy atom. The first-order valence-corrected chi connectivity index (χ1v) is 8.13. The third kappa shape index (κ3) is 4.32. The summed E-state index contributed by atoms with van der Waals surface area (Å²) in [4.78, 5) is 13.2. The van der Waals surface area contributed by atoms with E-state index in [4.69, 9.17) is 5.26 Å². The molecule has 3 aromatic rings. The molecule has 0 spiro atoms. The molecule has 0 bridgehead atoms. The zero-order valence-electron chi connectivity index (χ0n) is 14.2. The van der Waals surface area contributed by atoms with E-state index in [2.05, 4.69) is 31.7 Å². The Morgan fingerprint density at radius 3 is 2.73 bits per heavy atom. The zero-order valence-corrected chi connectivity index (χ0v) is 14.2. The van der Waals surface area contributed by atoms with Crippen molar-refractivity contribution in [1.29, 1.82) is 5.26 Å². The fraction of sp³-hybridized carbons (Fsp3) is 0.158. The minimum absolute atomic E-state index is 0.0375. The molecule has 0 aliphatic heterocycles. The second-order valence-electron chi connectivity index (χ2n) is 5.72. The zero-order chi connectivity index (χ0) is 18.4. The summed E-state index contributed by atoms with van der Waals surface area (Å²) >= 11 is 0. The van der Waals surface area contributed by atoms with Gasteiger partial charge in [0, 0.05) is 24.0 Å². The quantitative estimate of drug-likeness (QED) is 0.630. The number of hydrogen-bond acceptors (Lipinski definition) is 7. The molecular weight excluding hydrogens is 328 g/mol. The summed E-state index contributed by atoms with van der Waals surface area (Å²) in [7, 11) is 0. The van der Waals surface area contributed by atoms with E-state index in [1.807, 2.05) is 31.2 Å². The fourth-order valence-electron chi connectivity index (χ4n) is 2.30. The minimum atomic E-state index is -0.191.